The molecular weight excluding hydrogens is 328 g/mol. The van der Waals surface area contributed by atoms with Crippen LogP contribution in [0, 0.1) is 0 Å². The largest absolute Gasteiger partial charge is 0.497 e. The summed E-state index contributed by atoms with van der Waals surface area (Å²) in [6.07, 6.45) is 0.677. The topological polar surface area (TPSA) is 100 Å². The third-order valence-electron chi connectivity index (χ3n) is 3.45. The maximum Gasteiger partial charge on any atom is 0.217 e. The van der Waals surface area contributed by atoms with E-state index >= 15 is 0 Å². The number of hydrogen-bond acceptors (Lipinski definition) is 6. The predicted molar refractivity (Wildman–Crippen MR) is 91.3 cm³/mol. The number of aryl methyl sites for hydroxylation is 1. The fourth-order valence-corrected chi connectivity index (χ4v) is 3.07. The number of thioether (sulfide) groups is 1. The second-order valence-electron chi connectivity index (χ2n) is 5.05. The summed E-state index contributed by atoms with van der Waals surface area (Å²) < 4.78 is 6.98. The molecule has 0 fully saturated rings. The van der Waals surface area contributed by atoms with E-state index in [0.29, 0.717) is 35.3 Å². The van der Waals surface area contributed by atoms with Crippen molar-refractivity contribution >= 4 is 23.5 Å². The Morgan fingerprint density at radius 2 is 1.96 bits per heavy atom. The quantitative estimate of drug-likeness (QED) is 0.547. The number of ether oxygens (including phenoxy) is 1. The summed E-state index contributed by atoms with van der Waals surface area (Å²) in [5.41, 5.74) is 5.79. The zero-order chi connectivity index (χ0) is 17.5. The molecule has 1 amide bonds. The van der Waals surface area contributed by atoms with Crippen molar-refractivity contribution in [3.05, 3.63) is 35.7 Å². The Bertz CT molecular complexity index is 713. The van der Waals surface area contributed by atoms with Crippen LogP contribution in [0.1, 0.15) is 29.5 Å². The summed E-state index contributed by atoms with van der Waals surface area (Å²) in [5, 5.41) is 8.86. The van der Waals surface area contributed by atoms with E-state index < -0.39 is 0 Å². The smallest absolute Gasteiger partial charge is 0.217 e. The third-order valence-corrected chi connectivity index (χ3v) is 4.42. The third kappa shape index (κ3) is 4.58. The number of carbonyl (C=O) groups excluding carboxylic acids is 2. The fraction of sp³-hybridized carbons (Fsp3) is 0.375. The molecule has 0 aliphatic heterocycles. The lowest BCUT2D eigenvalue weighted by Gasteiger charge is -2.06. The Balaban J connectivity index is 2.00. The molecule has 2 rings (SSSR count). The van der Waals surface area contributed by atoms with Gasteiger partial charge in [-0.05, 0) is 31.2 Å². The molecule has 2 aromatic rings. The maximum absolute atomic E-state index is 12.3. The van der Waals surface area contributed by atoms with E-state index in [4.69, 9.17) is 10.5 Å². The van der Waals surface area contributed by atoms with Crippen LogP contribution in [0.3, 0.4) is 0 Å². The number of primary amides is 1. The summed E-state index contributed by atoms with van der Waals surface area (Å²) in [7, 11) is 1.58. The molecule has 0 aliphatic rings. The molecule has 1 aromatic carbocycles. The first-order chi connectivity index (χ1) is 11.5. The van der Waals surface area contributed by atoms with E-state index in [2.05, 4.69) is 10.2 Å². The summed E-state index contributed by atoms with van der Waals surface area (Å²) in [6.45, 7) is 2.63. The van der Waals surface area contributed by atoms with Crippen LogP contribution in [0.2, 0.25) is 0 Å². The van der Waals surface area contributed by atoms with Crippen LogP contribution in [-0.2, 0) is 17.8 Å². The molecule has 8 heteroatoms. The molecule has 0 bridgehead atoms. The molecule has 0 unspecified atom stereocenters. The zero-order valence-corrected chi connectivity index (χ0v) is 14.5. The Morgan fingerprint density at radius 1 is 1.25 bits per heavy atom. The van der Waals surface area contributed by atoms with Crippen molar-refractivity contribution in [1.82, 2.24) is 14.8 Å². The van der Waals surface area contributed by atoms with Crippen molar-refractivity contribution in [2.24, 2.45) is 5.73 Å². The summed E-state index contributed by atoms with van der Waals surface area (Å²) in [6, 6.07) is 7.00. The van der Waals surface area contributed by atoms with Gasteiger partial charge in [0.05, 0.1) is 12.9 Å². The highest BCUT2D eigenvalue weighted by atomic mass is 32.2. The van der Waals surface area contributed by atoms with Crippen molar-refractivity contribution in [2.45, 2.75) is 31.5 Å². The average molecular weight is 348 g/mol. The fourth-order valence-electron chi connectivity index (χ4n) is 2.15. The number of ketones is 1. The first-order valence-electron chi connectivity index (χ1n) is 7.55. The summed E-state index contributed by atoms with van der Waals surface area (Å²) in [4.78, 5) is 23.2. The van der Waals surface area contributed by atoms with Gasteiger partial charge in [0.2, 0.25) is 5.91 Å². The number of hydrogen-bond donors (Lipinski definition) is 1. The number of nitrogens with two attached hydrogens (primary N) is 1. The Labute approximate surface area is 144 Å². The molecule has 2 N–H and O–H groups in total. The Morgan fingerprint density at radius 3 is 2.54 bits per heavy atom. The molecule has 0 saturated heterocycles. The molecule has 0 aliphatic carbocycles. The van der Waals surface area contributed by atoms with Crippen LogP contribution in [0.5, 0.6) is 5.75 Å². The Kier molecular flexibility index (Phi) is 6.36. The number of aromatic nitrogens is 3. The van der Waals surface area contributed by atoms with Gasteiger partial charge in [0.15, 0.2) is 10.9 Å². The normalized spacial score (nSPS) is 10.6. The lowest BCUT2D eigenvalue weighted by molar-refractivity contribution is -0.118. The molecule has 1 heterocycles. The minimum absolute atomic E-state index is 0.00647. The maximum atomic E-state index is 12.3. The van der Waals surface area contributed by atoms with Gasteiger partial charge in [-0.15, -0.1) is 10.2 Å². The van der Waals surface area contributed by atoms with Gasteiger partial charge in [-0.1, -0.05) is 11.8 Å². The molecule has 0 saturated carbocycles. The highest BCUT2D eigenvalue weighted by Gasteiger charge is 2.14. The molecule has 0 spiro atoms. The highest BCUT2D eigenvalue weighted by molar-refractivity contribution is 7.99. The van der Waals surface area contributed by atoms with Crippen LogP contribution in [0.15, 0.2) is 29.4 Å². The SMILES string of the molecule is CCn1c(CCC(N)=O)nnc1SCC(=O)c1ccc(OC)cc1. The molecular formula is C16H20N4O3S. The van der Waals surface area contributed by atoms with Crippen molar-refractivity contribution in [3.8, 4) is 5.75 Å². The second-order valence-corrected chi connectivity index (χ2v) is 5.99. The van der Waals surface area contributed by atoms with Gasteiger partial charge in [0.25, 0.3) is 0 Å². The van der Waals surface area contributed by atoms with Crippen LogP contribution in [-0.4, -0.2) is 39.3 Å². The number of benzene rings is 1. The minimum atomic E-state index is -0.371. The van der Waals surface area contributed by atoms with E-state index in [9.17, 15) is 9.59 Å². The highest BCUT2D eigenvalue weighted by Crippen LogP contribution is 2.20. The van der Waals surface area contributed by atoms with Crippen LogP contribution in [0.25, 0.3) is 0 Å². The van der Waals surface area contributed by atoms with Gasteiger partial charge in [0, 0.05) is 24.9 Å². The summed E-state index contributed by atoms with van der Waals surface area (Å²) in [5.74, 6) is 1.32. The monoisotopic (exact) mass is 348 g/mol. The van der Waals surface area contributed by atoms with Crippen molar-refractivity contribution < 1.29 is 14.3 Å². The van der Waals surface area contributed by atoms with Crippen LogP contribution < -0.4 is 10.5 Å². The number of rotatable bonds is 9. The van der Waals surface area contributed by atoms with Crippen LogP contribution >= 0.6 is 11.8 Å². The number of amides is 1. The Hall–Kier alpha value is -2.35. The molecule has 1 aromatic heterocycles. The number of nitrogens with zero attached hydrogens (tertiary/aromatic N) is 3. The van der Waals surface area contributed by atoms with Crippen LogP contribution in [0.4, 0.5) is 0 Å². The zero-order valence-electron chi connectivity index (χ0n) is 13.7. The number of carbonyl (C=O) groups is 2. The van der Waals surface area contributed by atoms with E-state index in [0.717, 1.165) is 0 Å². The van der Waals surface area contributed by atoms with Gasteiger partial charge in [0.1, 0.15) is 11.6 Å². The number of Topliss-reactive ketones (excluding diaryl/α,β-unsaturated/α-hetero) is 1. The standard InChI is InChI=1S/C16H20N4O3S/c1-3-20-15(9-8-14(17)22)18-19-16(20)24-10-13(21)11-4-6-12(23-2)7-5-11/h4-7H,3,8-10H2,1-2H3,(H2,17,22). The predicted octanol–water partition coefficient (Wildman–Crippen LogP) is 1.70. The molecule has 128 valence electrons. The second kappa shape index (κ2) is 8.49. The molecule has 24 heavy (non-hydrogen) atoms. The van der Waals surface area contributed by atoms with Gasteiger partial charge in [-0.25, -0.2) is 0 Å². The van der Waals surface area contributed by atoms with E-state index in [1.54, 1.807) is 31.4 Å². The van der Waals surface area contributed by atoms with Crippen molar-refractivity contribution in [1.29, 1.82) is 0 Å². The first-order valence-corrected chi connectivity index (χ1v) is 8.54. The van der Waals surface area contributed by atoms with Crippen molar-refractivity contribution in [2.75, 3.05) is 12.9 Å². The van der Waals surface area contributed by atoms with Gasteiger partial charge in [-0.2, -0.15) is 0 Å². The number of methoxy groups -OCH3 is 1. The van der Waals surface area contributed by atoms with Crippen molar-refractivity contribution in [3.63, 3.8) is 0 Å². The first kappa shape index (κ1) is 18.0. The summed E-state index contributed by atoms with van der Waals surface area (Å²) >= 11 is 1.33. The van der Waals surface area contributed by atoms with Gasteiger partial charge < -0.3 is 15.0 Å². The molecule has 7 nitrogen and oxygen atoms in total. The van der Waals surface area contributed by atoms with Gasteiger partial charge >= 0.3 is 0 Å². The molecule has 0 atom stereocenters. The van der Waals surface area contributed by atoms with E-state index in [1.807, 2.05) is 11.5 Å². The average Bonchev–Trinajstić information content (AvgIpc) is 2.99. The van der Waals surface area contributed by atoms with Gasteiger partial charge in [-0.3, -0.25) is 9.59 Å². The van der Waals surface area contributed by atoms with E-state index in [1.165, 1.54) is 11.8 Å². The lowest BCUT2D eigenvalue weighted by atomic mass is 10.1. The minimum Gasteiger partial charge on any atom is -0.497 e. The van der Waals surface area contributed by atoms with E-state index in [-0.39, 0.29) is 23.9 Å². The molecule has 0 radical (unpaired) electrons. The lowest BCUT2D eigenvalue weighted by Crippen LogP contribution is -2.13.